The molecule has 0 aromatic carbocycles. The maximum absolute atomic E-state index is 12.2. The molecule has 9 heteroatoms. The highest BCUT2D eigenvalue weighted by Gasteiger charge is 2.60. The predicted octanol–water partition coefficient (Wildman–Crippen LogP) is 2.99. The van der Waals surface area contributed by atoms with Crippen LogP contribution >= 0.6 is 0 Å². The van der Waals surface area contributed by atoms with Crippen LogP contribution in [-0.4, -0.2) is 35.6 Å². The highest BCUT2D eigenvalue weighted by atomic mass is 19.4. The molecule has 0 fully saturated rings. The summed E-state index contributed by atoms with van der Waals surface area (Å²) in [6, 6.07) is 0. The van der Waals surface area contributed by atoms with Crippen LogP contribution < -0.4 is 0 Å². The van der Waals surface area contributed by atoms with Gasteiger partial charge in [0, 0.05) is 0 Å². The van der Waals surface area contributed by atoms with E-state index in [0.717, 1.165) is 0 Å². The molecular weight excluding hydrogens is 294 g/mol. The first kappa shape index (κ1) is 18.8. The predicted molar refractivity (Wildman–Crippen MR) is 56.6 cm³/mol. The number of carbonyl (C=O) groups excluding carboxylic acids is 1. The summed E-state index contributed by atoms with van der Waals surface area (Å²) >= 11 is 0. The summed E-state index contributed by atoms with van der Waals surface area (Å²) in [6.45, 7) is 6.24. The lowest BCUT2D eigenvalue weighted by atomic mass is 10.0. The van der Waals surface area contributed by atoms with Crippen LogP contribution in [0.25, 0.3) is 0 Å². The van der Waals surface area contributed by atoms with Gasteiger partial charge in [-0.3, -0.25) is 0 Å². The SMILES string of the molecule is C=C(C(=O)OC(C(F)(F)F)C(F)(F)F)[C@@H](O)CC(C)C. The number of esters is 1. The van der Waals surface area contributed by atoms with Gasteiger partial charge in [-0.1, -0.05) is 20.4 Å². The van der Waals surface area contributed by atoms with Gasteiger partial charge >= 0.3 is 18.3 Å². The largest absolute Gasteiger partial charge is 0.439 e. The molecule has 0 radical (unpaired) electrons. The number of aliphatic hydroxyl groups excluding tert-OH is 1. The lowest BCUT2D eigenvalue weighted by molar-refractivity contribution is -0.312. The zero-order chi connectivity index (χ0) is 16.3. The molecule has 118 valence electrons. The second-order valence-corrected chi connectivity index (χ2v) is 4.54. The molecular formula is C11H14F6O3. The summed E-state index contributed by atoms with van der Waals surface area (Å²) in [7, 11) is 0. The molecule has 0 aliphatic carbocycles. The Balaban J connectivity index is 4.91. The minimum absolute atomic E-state index is 0.0450. The second kappa shape index (κ2) is 6.47. The molecule has 0 aromatic heterocycles. The van der Waals surface area contributed by atoms with Crippen molar-refractivity contribution in [2.24, 2.45) is 5.92 Å². The van der Waals surface area contributed by atoms with Crippen molar-refractivity contribution in [3.05, 3.63) is 12.2 Å². The van der Waals surface area contributed by atoms with Gasteiger partial charge in [0.25, 0.3) is 6.10 Å². The summed E-state index contributed by atoms with van der Waals surface area (Å²) in [4.78, 5) is 11.2. The minimum atomic E-state index is -5.79. The fourth-order valence-electron chi connectivity index (χ4n) is 1.23. The summed E-state index contributed by atoms with van der Waals surface area (Å²) in [5.74, 6) is -2.08. The number of ether oxygens (including phenoxy) is 1. The van der Waals surface area contributed by atoms with E-state index < -0.39 is 36.1 Å². The van der Waals surface area contributed by atoms with E-state index in [9.17, 15) is 36.2 Å². The first-order valence-electron chi connectivity index (χ1n) is 5.48. The summed E-state index contributed by atoms with van der Waals surface area (Å²) in [5, 5.41) is 9.41. The zero-order valence-electron chi connectivity index (χ0n) is 10.7. The van der Waals surface area contributed by atoms with Crippen molar-refractivity contribution >= 4 is 5.97 Å². The topological polar surface area (TPSA) is 46.5 Å². The van der Waals surface area contributed by atoms with Crippen LogP contribution in [-0.2, 0) is 9.53 Å². The van der Waals surface area contributed by atoms with E-state index in [2.05, 4.69) is 11.3 Å². The van der Waals surface area contributed by atoms with Crippen molar-refractivity contribution < 1.29 is 41.0 Å². The lowest BCUT2D eigenvalue weighted by Gasteiger charge is -2.24. The third-order valence-electron chi connectivity index (χ3n) is 2.18. The van der Waals surface area contributed by atoms with Crippen molar-refractivity contribution in [3.63, 3.8) is 0 Å². The van der Waals surface area contributed by atoms with Gasteiger partial charge in [0.05, 0.1) is 11.7 Å². The van der Waals surface area contributed by atoms with Gasteiger partial charge in [-0.05, 0) is 12.3 Å². The maximum atomic E-state index is 12.2. The zero-order valence-corrected chi connectivity index (χ0v) is 10.7. The van der Waals surface area contributed by atoms with Gasteiger partial charge < -0.3 is 9.84 Å². The highest BCUT2D eigenvalue weighted by Crippen LogP contribution is 2.36. The average Bonchev–Trinajstić information content (AvgIpc) is 2.20. The molecule has 20 heavy (non-hydrogen) atoms. The van der Waals surface area contributed by atoms with Crippen LogP contribution in [0.5, 0.6) is 0 Å². The van der Waals surface area contributed by atoms with E-state index >= 15 is 0 Å². The van der Waals surface area contributed by atoms with Gasteiger partial charge in [0.2, 0.25) is 0 Å². The fraction of sp³-hybridized carbons (Fsp3) is 0.727. The molecule has 0 unspecified atom stereocenters. The Morgan fingerprint density at radius 3 is 1.85 bits per heavy atom. The number of hydrogen-bond acceptors (Lipinski definition) is 3. The van der Waals surface area contributed by atoms with Gasteiger partial charge in [0.15, 0.2) is 0 Å². The first-order valence-corrected chi connectivity index (χ1v) is 5.48. The molecule has 0 aliphatic heterocycles. The lowest BCUT2D eigenvalue weighted by Crippen LogP contribution is -2.46. The smallest absolute Gasteiger partial charge is 0.434 e. The number of aliphatic hydroxyl groups is 1. The standard InChI is InChI=1S/C11H14F6O3/c1-5(2)4-7(18)6(3)8(19)20-9(10(12,13)14)11(15,16)17/h5,7,9,18H,3-4H2,1-2H3/t7-/m0/s1. The molecule has 0 bridgehead atoms. The van der Waals surface area contributed by atoms with Crippen LogP contribution in [0.3, 0.4) is 0 Å². The summed E-state index contributed by atoms with van der Waals surface area (Å²) in [5.41, 5.74) is -0.850. The van der Waals surface area contributed by atoms with Crippen LogP contribution in [0.2, 0.25) is 0 Å². The normalized spacial score (nSPS) is 14.6. The Kier molecular flexibility index (Phi) is 6.06. The quantitative estimate of drug-likeness (QED) is 0.482. The molecule has 0 heterocycles. The van der Waals surface area contributed by atoms with Crippen LogP contribution in [0.15, 0.2) is 12.2 Å². The molecule has 0 aromatic rings. The second-order valence-electron chi connectivity index (χ2n) is 4.54. The van der Waals surface area contributed by atoms with E-state index in [4.69, 9.17) is 0 Å². The van der Waals surface area contributed by atoms with E-state index in [0.29, 0.717) is 0 Å². The maximum Gasteiger partial charge on any atom is 0.434 e. The third kappa shape index (κ3) is 5.81. The molecule has 1 atom stereocenters. The summed E-state index contributed by atoms with van der Waals surface area (Å²) < 4.78 is 76.4. The van der Waals surface area contributed by atoms with Crippen molar-refractivity contribution in [2.75, 3.05) is 0 Å². The fourth-order valence-corrected chi connectivity index (χ4v) is 1.23. The van der Waals surface area contributed by atoms with Gasteiger partial charge in [0.1, 0.15) is 0 Å². The molecule has 0 amide bonds. The number of carbonyl (C=O) groups is 1. The Morgan fingerprint density at radius 1 is 1.15 bits per heavy atom. The number of hydrogen-bond donors (Lipinski definition) is 1. The van der Waals surface area contributed by atoms with Crippen LogP contribution in [0, 0.1) is 5.92 Å². The Labute approximate surface area is 111 Å². The van der Waals surface area contributed by atoms with E-state index in [1.807, 2.05) is 0 Å². The van der Waals surface area contributed by atoms with Crippen LogP contribution in [0.1, 0.15) is 20.3 Å². The molecule has 0 rings (SSSR count). The molecule has 0 aliphatic rings. The van der Waals surface area contributed by atoms with Crippen molar-refractivity contribution in [1.29, 1.82) is 0 Å². The number of rotatable bonds is 5. The van der Waals surface area contributed by atoms with E-state index in [1.54, 1.807) is 13.8 Å². The van der Waals surface area contributed by atoms with E-state index in [1.165, 1.54) is 0 Å². The Hall–Kier alpha value is -1.25. The Morgan fingerprint density at radius 2 is 1.55 bits per heavy atom. The number of alkyl halides is 6. The molecule has 0 saturated heterocycles. The van der Waals surface area contributed by atoms with E-state index in [-0.39, 0.29) is 12.3 Å². The van der Waals surface area contributed by atoms with Crippen LogP contribution in [0.4, 0.5) is 26.3 Å². The van der Waals surface area contributed by atoms with Gasteiger partial charge in [-0.2, -0.15) is 26.3 Å². The van der Waals surface area contributed by atoms with Crippen molar-refractivity contribution in [2.45, 2.75) is 44.8 Å². The van der Waals surface area contributed by atoms with Crippen molar-refractivity contribution in [3.8, 4) is 0 Å². The molecule has 3 nitrogen and oxygen atoms in total. The van der Waals surface area contributed by atoms with Gasteiger partial charge in [-0.25, -0.2) is 4.79 Å². The molecule has 1 N–H and O–H groups in total. The minimum Gasteiger partial charge on any atom is -0.439 e. The first-order chi connectivity index (χ1) is 8.76. The monoisotopic (exact) mass is 308 g/mol. The highest BCUT2D eigenvalue weighted by molar-refractivity contribution is 5.89. The molecule has 0 saturated carbocycles. The Bertz CT molecular complexity index is 344. The number of halogens is 6. The summed E-state index contributed by atoms with van der Waals surface area (Å²) in [6.07, 6.45) is -17.4. The average molecular weight is 308 g/mol. The van der Waals surface area contributed by atoms with Crippen molar-refractivity contribution in [1.82, 2.24) is 0 Å². The van der Waals surface area contributed by atoms with Gasteiger partial charge in [-0.15, -0.1) is 0 Å². The third-order valence-corrected chi connectivity index (χ3v) is 2.18. The molecule has 0 spiro atoms.